The molecule has 2 aliphatic rings. The maximum absolute atomic E-state index is 4.80. The largest absolute Gasteiger partial charge is 0.353 e. The summed E-state index contributed by atoms with van der Waals surface area (Å²) in [5.74, 6) is 2.97. The van der Waals surface area contributed by atoms with Gasteiger partial charge < -0.3 is 14.7 Å². The molecule has 0 saturated carbocycles. The molecule has 2 aromatic heterocycles. The van der Waals surface area contributed by atoms with Crippen LogP contribution >= 0.6 is 0 Å². The van der Waals surface area contributed by atoms with Crippen molar-refractivity contribution in [2.75, 3.05) is 54.0 Å². The molecule has 7 heteroatoms. The van der Waals surface area contributed by atoms with E-state index in [9.17, 15) is 0 Å². The Morgan fingerprint density at radius 1 is 0.800 bits per heavy atom. The molecule has 0 atom stereocenters. The third-order valence-corrected chi connectivity index (χ3v) is 5.23. The lowest BCUT2D eigenvalue weighted by Crippen LogP contribution is -2.47. The first-order chi connectivity index (χ1) is 12.2. The van der Waals surface area contributed by atoms with Gasteiger partial charge >= 0.3 is 0 Å². The number of aryl methyl sites for hydroxylation is 1. The first-order valence-corrected chi connectivity index (χ1v) is 9.08. The molecule has 0 aliphatic carbocycles. The van der Waals surface area contributed by atoms with Crippen molar-refractivity contribution in [3.63, 3.8) is 0 Å². The smallest absolute Gasteiger partial charge is 0.227 e. The maximum Gasteiger partial charge on any atom is 0.227 e. The molecule has 4 rings (SSSR count). The molecule has 0 bridgehead atoms. The van der Waals surface area contributed by atoms with Gasteiger partial charge in [-0.3, -0.25) is 0 Å². The van der Waals surface area contributed by atoms with E-state index in [2.05, 4.69) is 36.6 Å². The van der Waals surface area contributed by atoms with Gasteiger partial charge in [-0.15, -0.1) is 0 Å². The molecule has 0 amide bonds. The average molecular weight is 339 g/mol. The van der Waals surface area contributed by atoms with Crippen molar-refractivity contribution < 1.29 is 0 Å². The minimum Gasteiger partial charge on any atom is -0.353 e. The number of nitrogens with zero attached hydrogens (tertiary/aromatic N) is 7. The first kappa shape index (κ1) is 16.1. The highest BCUT2D eigenvalue weighted by Crippen LogP contribution is 2.23. The average Bonchev–Trinajstić information content (AvgIpc) is 3.19. The Hall–Kier alpha value is -2.44. The second kappa shape index (κ2) is 6.82. The van der Waals surface area contributed by atoms with Gasteiger partial charge in [-0.05, 0) is 32.8 Å². The predicted molar refractivity (Wildman–Crippen MR) is 99.4 cm³/mol. The molecule has 25 heavy (non-hydrogen) atoms. The normalized spacial score (nSPS) is 18.1. The van der Waals surface area contributed by atoms with Crippen LogP contribution in [0.25, 0.3) is 0 Å². The number of piperazine rings is 1. The van der Waals surface area contributed by atoms with Crippen LogP contribution in [0.5, 0.6) is 0 Å². The van der Waals surface area contributed by atoms with Crippen LogP contribution in [0.15, 0.2) is 18.6 Å². The van der Waals surface area contributed by atoms with E-state index in [0.717, 1.165) is 62.5 Å². The van der Waals surface area contributed by atoms with Gasteiger partial charge in [0, 0.05) is 56.7 Å². The van der Waals surface area contributed by atoms with Gasteiger partial charge in [-0.25, -0.2) is 15.0 Å². The summed E-state index contributed by atoms with van der Waals surface area (Å²) in [5.41, 5.74) is 2.23. The SMILES string of the molecule is Cc1ncnc(N2CCN(c3ccnc(N4CCCC4)n3)CC2)c1C. The van der Waals surface area contributed by atoms with Crippen molar-refractivity contribution in [3.8, 4) is 0 Å². The number of hydrogen-bond acceptors (Lipinski definition) is 7. The predicted octanol–water partition coefficient (Wildman–Crippen LogP) is 1.81. The summed E-state index contributed by atoms with van der Waals surface area (Å²) in [6.45, 7) is 10.1. The highest BCUT2D eigenvalue weighted by molar-refractivity contribution is 5.51. The summed E-state index contributed by atoms with van der Waals surface area (Å²) in [5, 5.41) is 0. The molecule has 2 fully saturated rings. The Balaban J connectivity index is 1.45. The fourth-order valence-corrected chi connectivity index (χ4v) is 3.58. The topological polar surface area (TPSA) is 61.3 Å². The lowest BCUT2D eigenvalue weighted by atomic mass is 10.2. The van der Waals surface area contributed by atoms with Crippen molar-refractivity contribution >= 4 is 17.6 Å². The molecule has 0 aromatic carbocycles. The number of aromatic nitrogens is 4. The molecule has 2 aromatic rings. The van der Waals surface area contributed by atoms with Crippen LogP contribution in [-0.4, -0.2) is 59.2 Å². The molecule has 2 saturated heterocycles. The standard InChI is InChI=1S/C18H25N7/c1-14-15(2)20-13-21-17(14)24-11-9-23(10-12-24)16-5-6-19-18(22-16)25-7-3-4-8-25/h5-6,13H,3-4,7-12H2,1-2H3. The summed E-state index contributed by atoms with van der Waals surface area (Å²) in [4.78, 5) is 25.0. The van der Waals surface area contributed by atoms with Gasteiger partial charge in [0.25, 0.3) is 0 Å². The Bertz CT molecular complexity index is 734. The van der Waals surface area contributed by atoms with Gasteiger partial charge in [0.1, 0.15) is 18.0 Å². The second-order valence-corrected chi connectivity index (χ2v) is 6.79. The zero-order chi connectivity index (χ0) is 17.2. The van der Waals surface area contributed by atoms with Gasteiger partial charge in [0.2, 0.25) is 5.95 Å². The molecule has 0 N–H and O–H groups in total. The second-order valence-electron chi connectivity index (χ2n) is 6.79. The lowest BCUT2D eigenvalue weighted by molar-refractivity contribution is 0.638. The molecule has 4 heterocycles. The fraction of sp³-hybridized carbons (Fsp3) is 0.556. The monoisotopic (exact) mass is 339 g/mol. The van der Waals surface area contributed by atoms with Crippen molar-refractivity contribution in [1.29, 1.82) is 0 Å². The van der Waals surface area contributed by atoms with E-state index < -0.39 is 0 Å². The lowest BCUT2D eigenvalue weighted by Gasteiger charge is -2.36. The fourth-order valence-electron chi connectivity index (χ4n) is 3.58. The van der Waals surface area contributed by atoms with E-state index in [0.29, 0.717) is 0 Å². The highest BCUT2D eigenvalue weighted by Gasteiger charge is 2.22. The summed E-state index contributed by atoms with van der Waals surface area (Å²) in [7, 11) is 0. The summed E-state index contributed by atoms with van der Waals surface area (Å²) >= 11 is 0. The number of hydrogen-bond donors (Lipinski definition) is 0. The van der Waals surface area contributed by atoms with E-state index >= 15 is 0 Å². The molecular weight excluding hydrogens is 314 g/mol. The van der Waals surface area contributed by atoms with E-state index in [1.54, 1.807) is 6.33 Å². The third-order valence-electron chi connectivity index (χ3n) is 5.23. The van der Waals surface area contributed by atoms with Crippen molar-refractivity contribution in [1.82, 2.24) is 19.9 Å². The van der Waals surface area contributed by atoms with Crippen LogP contribution < -0.4 is 14.7 Å². The summed E-state index contributed by atoms with van der Waals surface area (Å²) in [6.07, 6.45) is 6.03. The summed E-state index contributed by atoms with van der Waals surface area (Å²) in [6, 6.07) is 2.02. The van der Waals surface area contributed by atoms with Crippen LogP contribution in [0.3, 0.4) is 0 Å². The van der Waals surface area contributed by atoms with Gasteiger partial charge in [-0.2, -0.15) is 4.98 Å². The molecule has 132 valence electrons. The number of anilines is 3. The molecule has 2 aliphatic heterocycles. The highest BCUT2D eigenvalue weighted by atomic mass is 15.3. The quantitative estimate of drug-likeness (QED) is 0.845. The molecule has 0 unspecified atom stereocenters. The summed E-state index contributed by atoms with van der Waals surface area (Å²) < 4.78 is 0. The van der Waals surface area contributed by atoms with E-state index in [4.69, 9.17) is 4.98 Å². The minimum atomic E-state index is 0.875. The van der Waals surface area contributed by atoms with E-state index in [1.807, 2.05) is 19.2 Å². The van der Waals surface area contributed by atoms with Gasteiger partial charge in [-0.1, -0.05) is 0 Å². The van der Waals surface area contributed by atoms with Crippen molar-refractivity contribution in [2.45, 2.75) is 26.7 Å². The maximum atomic E-state index is 4.80. The molecule has 0 radical (unpaired) electrons. The van der Waals surface area contributed by atoms with Crippen LogP contribution in [0.1, 0.15) is 24.1 Å². The van der Waals surface area contributed by atoms with Crippen LogP contribution in [0.4, 0.5) is 17.6 Å². The Morgan fingerprint density at radius 3 is 2.28 bits per heavy atom. The molecular formula is C18H25N7. The minimum absolute atomic E-state index is 0.875. The van der Waals surface area contributed by atoms with E-state index in [-0.39, 0.29) is 0 Å². The van der Waals surface area contributed by atoms with Crippen LogP contribution in [-0.2, 0) is 0 Å². The van der Waals surface area contributed by atoms with Gasteiger partial charge in [0.05, 0.1) is 0 Å². The Labute approximate surface area is 148 Å². The third kappa shape index (κ3) is 3.23. The van der Waals surface area contributed by atoms with Gasteiger partial charge in [0.15, 0.2) is 0 Å². The van der Waals surface area contributed by atoms with Crippen LogP contribution in [0, 0.1) is 13.8 Å². The first-order valence-electron chi connectivity index (χ1n) is 9.08. The zero-order valence-corrected chi connectivity index (χ0v) is 15.0. The zero-order valence-electron chi connectivity index (χ0n) is 15.0. The Kier molecular flexibility index (Phi) is 4.38. The Morgan fingerprint density at radius 2 is 1.52 bits per heavy atom. The van der Waals surface area contributed by atoms with Crippen molar-refractivity contribution in [3.05, 3.63) is 29.8 Å². The molecule has 0 spiro atoms. The van der Waals surface area contributed by atoms with Crippen LogP contribution in [0.2, 0.25) is 0 Å². The van der Waals surface area contributed by atoms with E-state index in [1.165, 1.54) is 18.4 Å². The number of rotatable bonds is 3. The van der Waals surface area contributed by atoms with Crippen molar-refractivity contribution in [2.24, 2.45) is 0 Å². The molecule has 7 nitrogen and oxygen atoms in total.